The van der Waals surface area contributed by atoms with Crippen LogP contribution in [-0.2, 0) is 6.54 Å². The SMILES string of the molecule is COc1ccc(C[n+]2ccccc2)cc1.[O-][Cl+3]([O-])([O-])[O-]. The number of rotatable bonds is 3. The van der Waals surface area contributed by atoms with Crippen molar-refractivity contribution in [3.8, 4) is 5.75 Å². The summed E-state index contributed by atoms with van der Waals surface area (Å²) in [5.41, 5.74) is 1.27. The molecule has 0 atom stereocenters. The van der Waals surface area contributed by atoms with Gasteiger partial charge in [-0.1, -0.05) is 6.07 Å². The molecule has 0 saturated carbocycles. The molecular weight excluding hydrogens is 286 g/mol. The first kappa shape index (κ1) is 16.4. The lowest BCUT2D eigenvalue weighted by Crippen LogP contribution is -2.68. The van der Waals surface area contributed by atoms with E-state index in [9.17, 15) is 0 Å². The van der Waals surface area contributed by atoms with Gasteiger partial charge in [-0.3, -0.25) is 0 Å². The van der Waals surface area contributed by atoms with Crippen molar-refractivity contribution >= 4 is 0 Å². The molecule has 0 fully saturated rings. The van der Waals surface area contributed by atoms with Crippen molar-refractivity contribution in [2.45, 2.75) is 6.54 Å². The zero-order valence-corrected chi connectivity index (χ0v) is 11.5. The molecule has 0 unspecified atom stereocenters. The first-order valence-electron chi connectivity index (χ1n) is 5.57. The molecule has 0 radical (unpaired) electrons. The highest BCUT2D eigenvalue weighted by Gasteiger charge is 2.00. The molecule has 1 aromatic carbocycles. The maximum atomic E-state index is 8.49. The summed E-state index contributed by atoms with van der Waals surface area (Å²) in [7, 11) is -3.26. The summed E-state index contributed by atoms with van der Waals surface area (Å²) in [5, 5.41) is 0. The Morgan fingerprint density at radius 3 is 1.90 bits per heavy atom. The Hall–Kier alpha value is -1.70. The van der Waals surface area contributed by atoms with Gasteiger partial charge in [0.25, 0.3) is 0 Å². The second-order valence-corrected chi connectivity index (χ2v) is 4.53. The van der Waals surface area contributed by atoms with E-state index < -0.39 is 10.2 Å². The number of nitrogens with zero attached hydrogens (tertiary/aromatic N) is 1. The molecule has 0 bridgehead atoms. The average molecular weight is 300 g/mol. The van der Waals surface area contributed by atoms with Gasteiger partial charge in [0.15, 0.2) is 18.9 Å². The summed E-state index contributed by atoms with van der Waals surface area (Å²) >= 11 is 0. The van der Waals surface area contributed by atoms with E-state index in [1.165, 1.54) is 5.56 Å². The van der Waals surface area contributed by atoms with Gasteiger partial charge in [-0.15, -0.1) is 10.2 Å². The molecule has 0 spiro atoms. The number of hydrogen-bond acceptors (Lipinski definition) is 5. The molecule has 0 amide bonds. The van der Waals surface area contributed by atoms with Crippen molar-refractivity contribution in [3.05, 3.63) is 60.4 Å². The third-order valence-corrected chi connectivity index (χ3v) is 2.30. The minimum Gasteiger partial charge on any atom is -0.497 e. The van der Waals surface area contributed by atoms with Gasteiger partial charge >= 0.3 is 0 Å². The summed E-state index contributed by atoms with van der Waals surface area (Å²) < 4.78 is 41.2. The molecular formula is C13H14ClNO5. The number of aromatic nitrogens is 1. The van der Waals surface area contributed by atoms with Gasteiger partial charge in [0.05, 0.1) is 7.11 Å². The molecule has 6 nitrogen and oxygen atoms in total. The summed E-state index contributed by atoms with van der Waals surface area (Å²) in [6.45, 7) is 0.894. The van der Waals surface area contributed by atoms with Gasteiger partial charge in [0.1, 0.15) is 5.75 Å². The molecule has 2 aromatic rings. The zero-order chi connectivity index (χ0) is 15.0. The number of pyridine rings is 1. The van der Waals surface area contributed by atoms with Gasteiger partial charge in [0.2, 0.25) is 0 Å². The van der Waals surface area contributed by atoms with Crippen molar-refractivity contribution in [1.29, 1.82) is 0 Å². The summed E-state index contributed by atoms with van der Waals surface area (Å²) in [6, 6.07) is 14.2. The van der Waals surface area contributed by atoms with E-state index in [0.717, 1.165) is 12.3 Å². The van der Waals surface area contributed by atoms with Gasteiger partial charge in [-0.2, -0.15) is 0 Å². The lowest BCUT2D eigenvalue weighted by molar-refractivity contribution is -2.00. The van der Waals surface area contributed by atoms with Crippen LogP contribution in [0.15, 0.2) is 54.9 Å². The minimum absolute atomic E-state index is 0.894. The van der Waals surface area contributed by atoms with E-state index >= 15 is 0 Å². The van der Waals surface area contributed by atoms with Crippen molar-refractivity contribution in [2.24, 2.45) is 0 Å². The van der Waals surface area contributed by atoms with Crippen LogP contribution in [0.25, 0.3) is 0 Å². The first-order valence-corrected chi connectivity index (χ1v) is 6.80. The first-order chi connectivity index (χ1) is 9.38. The summed E-state index contributed by atoms with van der Waals surface area (Å²) in [5.74, 6) is 0.900. The fraction of sp³-hybridized carbons (Fsp3) is 0.154. The van der Waals surface area contributed by atoms with E-state index in [2.05, 4.69) is 29.1 Å². The van der Waals surface area contributed by atoms with Crippen LogP contribution >= 0.6 is 0 Å². The standard InChI is InChI=1S/C13H14NO.ClHO4/c1-15-13-7-5-12(6-8-13)11-14-9-3-2-4-10-14;2-1(3,4)5/h2-10H,11H2,1H3;(H,2,3,4,5)/q+1;/p-1. The quantitative estimate of drug-likeness (QED) is 0.572. The van der Waals surface area contributed by atoms with Crippen molar-refractivity contribution in [3.63, 3.8) is 0 Å². The predicted octanol–water partition coefficient (Wildman–Crippen LogP) is -2.72. The summed E-state index contributed by atoms with van der Waals surface area (Å²) in [6.07, 6.45) is 4.12. The van der Waals surface area contributed by atoms with Crippen molar-refractivity contribution in [1.82, 2.24) is 0 Å². The van der Waals surface area contributed by atoms with Crippen LogP contribution in [-0.4, -0.2) is 7.11 Å². The minimum atomic E-state index is -4.94. The van der Waals surface area contributed by atoms with E-state index in [-0.39, 0.29) is 0 Å². The third kappa shape index (κ3) is 7.67. The van der Waals surface area contributed by atoms with Crippen LogP contribution in [0.3, 0.4) is 0 Å². The number of halogens is 1. The Morgan fingerprint density at radius 1 is 0.950 bits per heavy atom. The fourth-order valence-corrected chi connectivity index (χ4v) is 1.48. The number of hydrogen-bond donors (Lipinski definition) is 0. The Balaban J connectivity index is 0.000000347. The van der Waals surface area contributed by atoms with Crippen LogP contribution < -0.4 is 27.9 Å². The van der Waals surface area contributed by atoms with E-state index in [1.54, 1.807) is 7.11 Å². The van der Waals surface area contributed by atoms with Crippen molar-refractivity contribution < 1.29 is 38.2 Å². The second-order valence-electron chi connectivity index (χ2n) is 3.77. The monoisotopic (exact) mass is 299 g/mol. The molecule has 7 heteroatoms. The highest BCUT2D eigenvalue weighted by atomic mass is 35.7. The highest BCUT2D eigenvalue weighted by Crippen LogP contribution is 2.10. The number of ether oxygens (including phenoxy) is 1. The molecule has 2 rings (SSSR count). The Kier molecular flexibility index (Phi) is 6.37. The summed E-state index contributed by atoms with van der Waals surface area (Å²) in [4.78, 5) is 0. The largest absolute Gasteiger partial charge is 0.497 e. The smallest absolute Gasteiger partial charge is 0.173 e. The Bertz CT molecular complexity index is 492. The topological polar surface area (TPSA) is 105 Å². The molecule has 108 valence electrons. The zero-order valence-electron chi connectivity index (χ0n) is 10.8. The molecule has 1 aromatic heterocycles. The maximum Gasteiger partial charge on any atom is 0.173 e. The molecule has 0 aliphatic carbocycles. The van der Waals surface area contributed by atoms with E-state index in [0.29, 0.717) is 0 Å². The molecule has 0 N–H and O–H groups in total. The van der Waals surface area contributed by atoms with Gasteiger partial charge in [-0.05, 0) is 24.3 Å². The normalized spacial score (nSPS) is 10.4. The molecule has 20 heavy (non-hydrogen) atoms. The van der Waals surface area contributed by atoms with E-state index in [1.807, 2.05) is 30.3 Å². The number of benzene rings is 1. The molecule has 0 saturated heterocycles. The van der Waals surface area contributed by atoms with Gasteiger partial charge in [-0.25, -0.2) is 23.2 Å². The molecule has 0 aliphatic rings. The van der Waals surface area contributed by atoms with Crippen LogP contribution in [0.1, 0.15) is 5.56 Å². The van der Waals surface area contributed by atoms with Crippen LogP contribution in [0, 0.1) is 10.2 Å². The predicted molar refractivity (Wildman–Crippen MR) is 58.7 cm³/mol. The second kappa shape index (κ2) is 7.78. The van der Waals surface area contributed by atoms with Crippen LogP contribution in [0.2, 0.25) is 0 Å². The average Bonchev–Trinajstić information content (AvgIpc) is 2.39. The van der Waals surface area contributed by atoms with Gasteiger partial charge in [0, 0.05) is 17.7 Å². The van der Waals surface area contributed by atoms with Crippen LogP contribution in [0.4, 0.5) is 0 Å². The maximum absolute atomic E-state index is 8.49. The third-order valence-electron chi connectivity index (χ3n) is 2.30. The van der Waals surface area contributed by atoms with Crippen molar-refractivity contribution in [2.75, 3.05) is 7.11 Å². The Labute approximate surface area is 118 Å². The molecule has 1 heterocycles. The lowest BCUT2D eigenvalue weighted by Gasteiger charge is -2.17. The number of methoxy groups -OCH3 is 1. The lowest BCUT2D eigenvalue weighted by atomic mass is 10.2. The molecule has 0 aliphatic heterocycles. The van der Waals surface area contributed by atoms with Gasteiger partial charge < -0.3 is 4.74 Å². The van der Waals surface area contributed by atoms with Crippen LogP contribution in [0.5, 0.6) is 5.75 Å². The van der Waals surface area contributed by atoms with E-state index in [4.69, 9.17) is 23.4 Å². The highest BCUT2D eigenvalue weighted by molar-refractivity contribution is 5.26. The fourth-order valence-electron chi connectivity index (χ4n) is 1.48. The Morgan fingerprint density at radius 2 is 1.45 bits per heavy atom.